The Labute approximate surface area is 261 Å². The van der Waals surface area contributed by atoms with Gasteiger partial charge in [-0.3, -0.25) is 14.4 Å². The lowest BCUT2D eigenvalue weighted by Crippen LogP contribution is -2.30. The normalized spacial score (nSPS) is 12.1. The van der Waals surface area contributed by atoms with Crippen molar-refractivity contribution in [1.82, 2.24) is 10.3 Å². The van der Waals surface area contributed by atoms with Crippen molar-refractivity contribution in [3.8, 4) is 0 Å². The molecule has 8 heteroatoms. The third-order valence-corrected chi connectivity index (χ3v) is 8.16. The highest BCUT2D eigenvalue weighted by molar-refractivity contribution is 8.00. The summed E-state index contributed by atoms with van der Waals surface area (Å²) >= 11 is 1.39. The molecule has 222 valence electrons. The molecule has 7 nitrogen and oxygen atoms in total. The minimum absolute atomic E-state index is 0.0953. The van der Waals surface area contributed by atoms with Crippen LogP contribution in [0.1, 0.15) is 48.2 Å². The Bertz CT molecular complexity index is 1810. The number of aromatic nitrogens is 1. The number of H-pyrrole nitrogens is 1. The van der Waals surface area contributed by atoms with Crippen LogP contribution in [-0.4, -0.2) is 28.0 Å². The Morgan fingerprint density at radius 2 is 1.50 bits per heavy atom. The van der Waals surface area contributed by atoms with Gasteiger partial charge in [0.2, 0.25) is 5.91 Å². The zero-order valence-corrected chi connectivity index (χ0v) is 25.6. The van der Waals surface area contributed by atoms with Gasteiger partial charge in [-0.25, -0.2) is 0 Å². The molecule has 4 N–H and O–H groups in total. The number of hydrogen-bond donors (Lipinski definition) is 4. The third kappa shape index (κ3) is 7.65. The van der Waals surface area contributed by atoms with E-state index in [2.05, 4.69) is 34.8 Å². The van der Waals surface area contributed by atoms with E-state index in [1.165, 1.54) is 17.3 Å². The number of benzene rings is 4. The van der Waals surface area contributed by atoms with Crippen LogP contribution in [0.5, 0.6) is 0 Å². The molecule has 5 rings (SSSR count). The number of thioether (sulfide) groups is 1. The Balaban J connectivity index is 1.30. The highest BCUT2D eigenvalue weighted by atomic mass is 32.2. The van der Waals surface area contributed by atoms with Gasteiger partial charge in [0.05, 0.1) is 5.25 Å². The molecule has 44 heavy (non-hydrogen) atoms. The summed E-state index contributed by atoms with van der Waals surface area (Å²) in [5.41, 5.74) is 4.72. The van der Waals surface area contributed by atoms with Gasteiger partial charge >= 0.3 is 0 Å². The standard InChI is InChI=1S/C36H34N4O3S/c1-23(2)25-16-18-28(19-17-25)38-34(41)24(3)44-30-13-9-12-29(21-30)39-36(43)33(40-35(42)26-10-5-4-6-11-26)20-27-22-37-32-15-8-7-14-31(27)32/h4-24,37H,1-3H3,(H,38,41)(H,39,43)(H,40,42)/b33-20-. The van der Waals surface area contributed by atoms with Gasteiger partial charge in [-0.05, 0) is 73.0 Å². The smallest absolute Gasteiger partial charge is 0.272 e. The quantitative estimate of drug-likeness (QED) is 0.0967. The Hall–Kier alpha value is -5.08. The van der Waals surface area contributed by atoms with Gasteiger partial charge in [0.1, 0.15) is 5.70 Å². The second-order valence-corrected chi connectivity index (χ2v) is 12.1. The number of anilines is 2. The number of amides is 3. The van der Waals surface area contributed by atoms with E-state index in [4.69, 9.17) is 0 Å². The summed E-state index contributed by atoms with van der Waals surface area (Å²) in [6.07, 6.45) is 3.46. The monoisotopic (exact) mass is 602 g/mol. The first-order valence-electron chi connectivity index (χ1n) is 14.4. The van der Waals surface area contributed by atoms with Crippen LogP contribution in [0, 0.1) is 0 Å². The maximum absolute atomic E-state index is 13.6. The first kappa shape index (κ1) is 30.4. The van der Waals surface area contributed by atoms with Crippen molar-refractivity contribution in [2.75, 3.05) is 10.6 Å². The van der Waals surface area contributed by atoms with Gasteiger partial charge in [0.25, 0.3) is 11.8 Å². The fourth-order valence-corrected chi connectivity index (χ4v) is 5.54. The summed E-state index contributed by atoms with van der Waals surface area (Å²) in [6.45, 7) is 6.10. The molecular formula is C36H34N4O3S. The van der Waals surface area contributed by atoms with Crippen molar-refractivity contribution < 1.29 is 14.4 Å². The van der Waals surface area contributed by atoms with Gasteiger partial charge in [0.15, 0.2) is 0 Å². The number of carbonyl (C=O) groups is 3. The highest BCUT2D eigenvalue weighted by Gasteiger charge is 2.18. The fraction of sp³-hybridized carbons (Fsp3) is 0.139. The topological polar surface area (TPSA) is 103 Å². The summed E-state index contributed by atoms with van der Waals surface area (Å²) in [5.74, 6) is -0.566. The van der Waals surface area contributed by atoms with Crippen LogP contribution >= 0.6 is 11.8 Å². The number of nitrogens with one attached hydrogen (secondary N) is 4. The molecule has 4 aromatic carbocycles. The van der Waals surface area contributed by atoms with Gasteiger partial charge in [-0.2, -0.15) is 0 Å². The number of carbonyl (C=O) groups excluding carboxylic acids is 3. The van der Waals surface area contributed by atoms with E-state index in [9.17, 15) is 14.4 Å². The molecule has 1 unspecified atom stereocenters. The van der Waals surface area contributed by atoms with Crippen molar-refractivity contribution in [3.63, 3.8) is 0 Å². The maximum Gasteiger partial charge on any atom is 0.272 e. The maximum atomic E-state index is 13.6. The predicted octanol–water partition coefficient (Wildman–Crippen LogP) is 7.82. The molecule has 0 aliphatic carbocycles. The third-order valence-electron chi connectivity index (χ3n) is 7.07. The zero-order chi connectivity index (χ0) is 31.1. The molecule has 0 saturated carbocycles. The summed E-state index contributed by atoms with van der Waals surface area (Å²) in [6, 6.07) is 31.6. The molecule has 3 amide bonds. The molecule has 0 fully saturated rings. The lowest BCUT2D eigenvalue weighted by Gasteiger charge is -2.14. The first-order chi connectivity index (χ1) is 21.3. The van der Waals surface area contributed by atoms with Crippen molar-refractivity contribution >= 4 is 57.8 Å². The van der Waals surface area contributed by atoms with Crippen LogP contribution < -0.4 is 16.0 Å². The predicted molar refractivity (Wildman–Crippen MR) is 180 cm³/mol. The summed E-state index contributed by atoms with van der Waals surface area (Å²) in [4.78, 5) is 43.5. The van der Waals surface area contributed by atoms with Crippen molar-refractivity contribution in [2.45, 2.75) is 36.8 Å². The van der Waals surface area contributed by atoms with E-state index >= 15 is 0 Å². The second kappa shape index (κ2) is 13.9. The molecule has 0 saturated heterocycles. The Morgan fingerprint density at radius 1 is 0.773 bits per heavy atom. The van der Waals surface area contributed by atoms with E-state index in [-0.39, 0.29) is 16.9 Å². The number of rotatable bonds is 10. The number of fused-ring (bicyclic) bond motifs is 1. The minimum atomic E-state index is -0.475. The van der Waals surface area contributed by atoms with Crippen LogP contribution in [0.3, 0.4) is 0 Å². The van der Waals surface area contributed by atoms with E-state index in [0.29, 0.717) is 17.2 Å². The van der Waals surface area contributed by atoms with E-state index < -0.39 is 11.8 Å². The molecule has 5 aromatic rings. The van der Waals surface area contributed by atoms with Crippen molar-refractivity contribution in [3.05, 3.63) is 132 Å². The van der Waals surface area contributed by atoms with Gasteiger partial charge < -0.3 is 20.9 Å². The molecule has 0 aliphatic rings. The first-order valence-corrected chi connectivity index (χ1v) is 15.3. The van der Waals surface area contributed by atoms with Crippen LogP contribution in [-0.2, 0) is 9.59 Å². The van der Waals surface area contributed by atoms with Gasteiger partial charge in [0, 0.05) is 44.5 Å². The summed E-state index contributed by atoms with van der Waals surface area (Å²) < 4.78 is 0. The molecule has 1 atom stereocenters. The molecule has 1 heterocycles. The van der Waals surface area contributed by atoms with Crippen molar-refractivity contribution in [2.24, 2.45) is 0 Å². The zero-order valence-electron chi connectivity index (χ0n) is 24.8. The van der Waals surface area contributed by atoms with E-state index in [0.717, 1.165) is 27.0 Å². The summed E-state index contributed by atoms with van der Waals surface area (Å²) in [5, 5.41) is 9.22. The molecule has 0 radical (unpaired) electrons. The van der Waals surface area contributed by atoms with Gasteiger partial charge in [-0.1, -0.05) is 68.4 Å². The number of para-hydroxylation sites is 1. The Kier molecular flexibility index (Phi) is 9.62. The second-order valence-electron chi connectivity index (χ2n) is 10.7. The largest absolute Gasteiger partial charge is 0.361 e. The van der Waals surface area contributed by atoms with Crippen LogP contribution in [0.2, 0.25) is 0 Å². The number of aromatic amines is 1. The lowest BCUT2D eigenvalue weighted by molar-refractivity contribution is -0.115. The molecule has 1 aromatic heterocycles. The van der Waals surface area contributed by atoms with Crippen LogP contribution in [0.4, 0.5) is 11.4 Å². The molecule has 0 aliphatic heterocycles. The SMILES string of the molecule is CC(Sc1cccc(NC(=O)/C(=C/c2c[nH]c3ccccc23)NC(=O)c2ccccc2)c1)C(=O)Nc1ccc(C(C)C)cc1. The van der Waals surface area contributed by atoms with Crippen LogP contribution in [0.15, 0.2) is 120 Å². The van der Waals surface area contributed by atoms with Crippen molar-refractivity contribution in [1.29, 1.82) is 0 Å². The Morgan fingerprint density at radius 3 is 2.25 bits per heavy atom. The number of hydrogen-bond acceptors (Lipinski definition) is 4. The average Bonchev–Trinajstić information content (AvgIpc) is 3.44. The molecule has 0 spiro atoms. The minimum Gasteiger partial charge on any atom is -0.361 e. The fourth-order valence-electron chi connectivity index (χ4n) is 4.61. The molecule has 0 bridgehead atoms. The van der Waals surface area contributed by atoms with E-state index in [1.807, 2.05) is 79.7 Å². The molecular weight excluding hydrogens is 568 g/mol. The summed E-state index contributed by atoms with van der Waals surface area (Å²) in [7, 11) is 0. The highest BCUT2D eigenvalue weighted by Crippen LogP contribution is 2.27. The lowest BCUT2D eigenvalue weighted by atomic mass is 10.0. The van der Waals surface area contributed by atoms with Crippen LogP contribution in [0.25, 0.3) is 17.0 Å². The average molecular weight is 603 g/mol. The van der Waals surface area contributed by atoms with E-state index in [1.54, 1.807) is 42.6 Å². The van der Waals surface area contributed by atoms with Gasteiger partial charge in [-0.15, -0.1) is 11.8 Å².